The Kier molecular flexibility index (Phi) is 8.13. The van der Waals surface area contributed by atoms with Gasteiger partial charge >= 0.3 is 0 Å². The maximum Gasteiger partial charge on any atom is 0.00362 e. The first-order chi connectivity index (χ1) is 7.14. The van der Waals surface area contributed by atoms with Crippen molar-refractivity contribution in [3.05, 3.63) is 0 Å². The lowest BCUT2D eigenvalue weighted by Crippen LogP contribution is -2.20. The predicted molar refractivity (Wildman–Crippen MR) is 70.0 cm³/mol. The molecule has 92 valence electrons. The zero-order valence-electron chi connectivity index (χ0n) is 11.3. The van der Waals surface area contributed by atoms with Crippen molar-refractivity contribution in [1.29, 1.82) is 0 Å². The van der Waals surface area contributed by atoms with Gasteiger partial charge in [-0.1, -0.05) is 59.8 Å². The van der Waals surface area contributed by atoms with Gasteiger partial charge in [0, 0.05) is 6.04 Å². The summed E-state index contributed by atoms with van der Waals surface area (Å²) in [5.41, 5.74) is 6.54. The van der Waals surface area contributed by atoms with Crippen molar-refractivity contribution in [3.8, 4) is 0 Å². The van der Waals surface area contributed by atoms with Crippen molar-refractivity contribution in [2.75, 3.05) is 0 Å². The number of unbranched alkanes of at least 4 members (excludes halogenated alkanes) is 1. The van der Waals surface area contributed by atoms with Gasteiger partial charge in [0.2, 0.25) is 0 Å². The Morgan fingerprint density at radius 2 is 1.47 bits per heavy atom. The van der Waals surface area contributed by atoms with E-state index < -0.39 is 0 Å². The maximum absolute atomic E-state index is 5.92. The number of rotatable bonds is 9. The van der Waals surface area contributed by atoms with Crippen LogP contribution in [0, 0.1) is 5.41 Å². The topological polar surface area (TPSA) is 26.0 Å². The Hall–Kier alpha value is -0.0400. The molecule has 1 nitrogen and oxygen atoms in total. The average Bonchev–Trinajstić information content (AvgIpc) is 2.30. The fourth-order valence-electron chi connectivity index (χ4n) is 2.39. The summed E-state index contributed by atoms with van der Waals surface area (Å²) in [5, 5.41) is 0. The molecular formula is C14H31N. The van der Waals surface area contributed by atoms with E-state index in [0.29, 0.717) is 11.5 Å². The molecule has 0 spiro atoms. The summed E-state index contributed by atoms with van der Waals surface area (Å²) in [6.45, 7) is 9.19. The van der Waals surface area contributed by atoms with Crippen LogP contribution in [0.25, 0.3) is 0 Å². The van der Waals surface area contributed by atoms with Gasteiger partial charge in [0.25, 0.3) is 0 Å². The number of hydrogen-bond acceptors (Lipinski definition) is 1. The summed E-state index contributed by atoms with van der Waals surface area (Å²) in [7, 11) is 0. The van der Waals surface area contributed by atoms with Crippen LogP contribution in [-0.4, -0.2) is 6.04 Å². The number of hydrogen-bond donors (Lipinski definition) is 1. The molecule has 0 aliphatic heterocycles. The molecule has 15 heavy (non-hydrogen) atoms. The van der Waals surface area contributed by atoms with Gasteiger partial charge in [-0.25, -0.2) is 0 Å². The minimum atomic E-state index is 0.435. The summed E-state index contributed by atoms with van der Waals surface area (Å²) in [4.78, 5) is 0. The van der Waals surface area contributed by atoms with E-state index in [4.69, 9.17) is 5.73 Å². The molecule has 0 aromatic heterocycles. The normalized spacial score (nSPS) is 14.2. The summed E-state index contributed by atoms with van der Waals surface area (Å²) in [6.07, 6.45) is 10.4. The van der Waals surface area contributed by atoms with Gasteiger partial charge in [-0.2, -0.15) is 0 Å². The van der Waals surface area contributed by atoms with E-state index in [1.165, 1.54) is 44.9 Å². The highest BCUT2D eigenvalue weighted by atomic mass is 14.6. The van der Waals surface area contributed by atoms with Crippen LogP contribution in [-0.2, 0) is 0 Å². The minimum Gasteiger partial charge on any atom is -0.328 e. The average molecular weight is 213 g/mol. The van der Waals surface area contributed by atoms with Gasteiger partial charge in [0.15, 0.2) is 0 Å². The van der Waals surface area contributed by atoms with Crippen LogP contribution in [0.3, 0.4) is 0 Å². The molecule has 0 aromatic rings. The van der Waals surface area contributed by atoms with Crippen molar-refractivity contribution in [2.24, 2.45) is 11.1 Å². The molecule has 0 radical (unpaired) electrons. The maximum atomic E-state index is 5.92. The molecule has 0 saturated heterocycles. The predicted octanol–water partition coefficient (Wildman–Crippen LogP) is 4.50. The second-order valence-corrected chi connectivity index (χ2v) is 4.97. The van der Waals surface area contributed by atoms with E-state index in [-0.39, 0.29) is 0 Å². The van der Waals surface area contributed by atoms with Gasteiger partial charge in [0.05, 0.1) is 0 Å². The molecule has 0 aliphatic carbocycles. The van der Waals surface area contributed by atoms with Crippen molar-refractivity contribution in [2.45, 2.75) is 85.1 Å². The van der Waals surface area contributed by atoms with Crippen molar-refractivity contribution in [3.63, 3.8) is 0 Å². The van der Waals surface area contributed by atoms with E-state index >= 15 is 0 Å². The highest BCUT2D eigenvalue weighted by Crippen LogP contribution is 2.36. The third-order valence-corrected chi connectivity index (χ3v) is 4.31. The molecule has 0 bridgehead atoms. The zero-order valence-corrected chi connectivity index (χ0v) is 11.3. The van der Waals surface area contributed by atoms with Crippen molar-refractivity contribution in [1.82, 2.24) is 0 Å². The molecule has 0 fully saturated rings. The molecule has 2 N–H and O–H groups in total. The molecule has 1 heteroatoms. The van der Waals surface area contributed by atoms with E-state index in [9.17, 15) is 0 Å². The third-order valence-electron chi connectivity index (χ3n) is 4.31. The molecule has 0 amide bonds. The van der Waals surface area contributed by atoms with E-state index in [1.54, 1.807) is 0 Å². The summed E-state index contributed by atoms with van der Waals surface area (Å²) in [6, 6.07) is 0.435. The first kappa shape index (κ1) is 15.0. The quantitative estimate of drug-likeness (QED) is 0.561. The van der Waals surface area contributed by atoms with Crippen molar-refractivity contribution < 1.29 is 0 Å². The molecular weight excluding hydrogens is 182 g/mol. The van der Waals surface area contributed by atoms with Crippen LogP contribution in [0.1, 0.15) is 79.1 Å². The van der Waals surface area contributed by atoms with Crippen LogP contribution in [0.15, 0.2) is 0 Å². The zero-order chi connectivity index (χ0) is 11.7. The monoisotopic (exact) mass is 213 g/mol. The summed E-state index contributed by atoms with van der Waals surface area (Å²) >= 11 is 0. The van der Waals surface area contributed by atoms with Crippen LogP contribution in [0.5, 0.6) is 0 Å². The summed E-state index contributed by atoms with van der Waals surface area (Å²) in [5.74, 6) is 0. The van der Waals surface area contributed by atoms with Gasteiger partial charge in [-0.05, 0) is 24.7 Å². The Labute approximate surface area is 96.8 Å². The largest absolute Gasteiger partial charge is 0.328 e. The van der Waals surface area contributed by atoms with Gasteiger partial charge in [-0.15, -0.1) is 0 Å². The Morgan fingerprint density at radius 1 is 0.933 bits per heavy atom. The molecule has 0 aliphatic rings. The highest BCUT2D eigenvalue weighted by molar-refractivity contribution is 4.75. The Morgan fingerprint density at radius 3 is 1.87 bits per heavy atom. The standard InChI is InChI=1S/C14H31N/c1-5-13(15)11-9-10-12-14(6-2,7-3)8-4/h13H,5-12,15H2,1-4H3. The molecule has 0 heterocycles. The third kappa shape index (κ3) is 5.55. The first-order valence-corrected chi connectivity index (χ1v) is 6.89. The minimum absolute atomic E-state index is 0.435. The van der Waals surface area contributed by atoms with Gasteiger partial charge in [-0.3, -0.25) is 0 Å². The Bertz CT molecular complexity index is 130. The SMILES string of the molecule is CCC(N)CCCCC(CC)(CC)CC. The molecule has 1 unspecified atom stereocenters. The number of nitrogens with two attached hydrogens (primary N) is 1. The van der Waals surface area contributed by atoms with E-state index in [0.717, 1.165) is 6.42 Å². The van der Waals surface area contributed by atoms with Crippen LogP contribution < -0.4 is 5.73 Å². The van der Waals surface area contributed by atoms with E-state index in [2.05, 4.69) is 27.7 Å². The fraction of sp³-hybridized carbons (Fsp3) is 1.00. The second kappa shape index (κ2) is 8.15. The van der Waals surface area contributed by atoms with Gasteiger partial charge in [0.1, 0.15) is 0 Å². The highest BCUT2D eigenvalue weighted by Gasteiger charge is 2.22. The van der Waals surface area contributed by atoms with E-state index in [1.807, 2.05) is 0 Å². The second-order valence-electron chi connectivity index (χ2n) is 4.97. The van der Waals surface area contributed by atoms with Crippen LogP contribution in [0.4, 0.5) is 0 Å². The lowest BCUT2D eigenvalue weighted by molar-refractivity contribution is 0.219. The first-order valence-electron chi connectivity index (χ1n) is 6.89. The molecule has 0 saturated carbocycles. The lowest BCUT2D eigenvalue weighted by atomic mass is 9.75. The van der Waals surface area contributed by atoms with Crippen molar-refractivity contribution >= 4 is 0 Å². The smallest absolute Gasteiger partial charge is 0.00362 e. The lowest BCUT2D eigenvalue weighted by Gasteiger charge is -2.30. The molecule has 0 aromatic carbocycles. The molecule has 1 atom stereocenters. The Balaban J connectivity index is 3.72. The fourth-order valence-corrected chi connectivity index (χ4v) is 2.39. The van der Waals surface area contributed by atoms with Crippen LogP contribution in [0.2, 0.25) is 0 Å². The molecule has 0 rings (SSSR count). The van der Waals surface area contributed by atoms with Crippen LogP contribution >= 0.6 is 0 Å². The van der Waals surface area contributed by atoms with Gasteiger partial charge < -0.3 is 5.73 Å². The summed E-state index contributed by atoms with van der Waals surface area (Å²) < 4.78 is 0.